The maximum atomic E-state index is 11.2. The summed E-state index contributed by atoms with van der Waals surface area (Å²) >= 11 is 0. The molecule has 39 heavy (non-hydrogen) atoms. The SMILES string of the molecule is CC(=N)CCCN(O)C(=O)C(C)C.CC(C)C(=O)N(O)CN=C(N)N.CC(N)=NCCCN(O)C(=O)C(C)C. The largest absolute Gasteiger partial charge is 0.388 e. The van der Waals surface area contributed by atoms with Crippen molar-refractivity contribution < 1.29 is 30.0 Å². The highest BCUT2D eigenvalue weighted by molar-refractivity contribution is 5.79. The zero-order valence-electron chi connectivity index (χ0n) is 24.7. The second kappa shape index (κ2) is 22.7. The molecule has 0 saturated carbocycles. The summed E-state index contributed by atoms with van der Waals surface area (Å²) in [7, 11) is 0. The van der Waals surface area contributed by atoms with E-state index in [1.54, 1.807) is 55.4 Å². The Morgan fingerprint density at radius 2 is 1.10 bits per heavy atom. The quantitative estimate of drug-likeness (QED) is 0.0563. The molecular weight excluding hydrogens is 510 g/mol. The van der Waals surface area contributed by atoms with Crippen molar-refractivity contribution in [2.75, 3.05) is 26.3 Å². The Labute approximate surface area is 232 Å². The van der Waals surface area contributed by atoms with Gasteiger partial charge in [0.1, 0.15) is 6.67 Å². The molecule has 0 aliphatic rings. The van der Waals surface area contributed by atoms with E-state index in [4.69, 9.17) is 27.8 Å². The van der Waals surface area contributed by atoms with E-state index in [2.05, 4.69) is 9.98 Å². The van der Waals surface area contributed by atoms with Crippen LogP contribution >= 0.6 is 0 Å². The minimum atomic E-state index is -0.417. The van der Waals surface area contributed by atoms with Gasteiger partial charge in [0.25, 0.3) is 0 Å². The molecule has 0 radical (unpaired) electrons. The summed E-state index contributed by atoms with van der Waals surface area (Å²) in [5.74, 6) is -1.22. The number of carbonyl (C=O) groups excluding carboxylic acids is 3. The molecule has 0 aromatic carbocycles. The van der Waals surface area contributed by atoms with Crippen LogP contribution in [0, 0.1) is 23.2 Å². The summed E-state index contributed by atoms with van der Waals surface area (Å²) in [6.07, 6.45) is 1.89. The monoisotopic (exact) mass is 561 g/mol. The number of hydrogen-bond acceptors (Lipinski definition) is 9. The average molecular weight is 562 g/mol. The number of hydroxylamine groups is 6. The van der Waals surface area contributed by atoms with Crippen molar-refractivity contribution in [2.45, 2.75) is 74.7 Å². The highest BCUT2D eigenvalue weighted by Crippen LogP contribution is 2.01. The minimum absolute atomic E-state index is 0.161. The predicted molar refractivity (Wildman–Crippen MR) is 150 cm³/mol. The van der Waals surface area contributed by atoms with Gasteiger partial charge in [-0.1, -0.05) is 41.5 Å². The number of amidine groups is 1. The highest BCUT2D eigenvalue weighted by Gasteiger charge is 2.15. The molecule has 0 aliphatic carbocycles. The molecule has 0 atom stereocenters. The number of hydrogen-bond donors (Lipinski definition) is 7. The molecule has 0 unspecified atom stereocenters. The van der Waals surface area contributed by atoms with E-state index < -0.39 is 5.91 Å². The smallest absolute Gasteiger partial charge is 0.250 e. The van der Waals surface area contributed by atoms with Crippen molar-refractivity contribution in [3.8, 4) is 0 Å². The zero-order chi connectivity index (χ0) is 31.3. The van der Waals surface area contributed by atoms with Gasteiger partial charge in [-0.25, -0.2) is 20.2 Å². The van der Waals surface area contributed by atoms with Crippen LogP contribution in [-0.4, -0.2) is 92.3 Å². The lowest BCUT2D eigenvalue weighted by Gasteiger charge is -2.16. The van der Waals surface area contributed by atoms with Crippen LogP contribution in [0.4, 0.5) is 0 Å². The third-order valence-electron chi connectivity index (χ3n) is 4.44. The number of aliphatic imine (C=N–C) groups is 2. The number of nitrogens with two attached hydrogens (primary N) is 3. The molecule has 3 amide bonds. The predicted octanol–water partition coefficient (Wildman–Crippen LogP) is 1.40. The molecule has 0 spiro atoms. The van der Waals surface area contributed by atoms with E-state index in [1.165, 1.54) is 0 Å². The number of rotatable bonds is 13. The molecule has 0 aromatic rings. The molecule has 0 fully saturated rings. The first kappa shape index (κ1) is 40.2. The van der Waals surface area contributed by atoms with Crippen LogP contribution in [0.2, 0.25) is 0 Å². The van der Waals surface area contributed by atoms with Crippen molar-refractivity contribution in [1.29, 1.82) is 5.41 Å². The zero-order valence-corrected chi connectivity index (χ0v) is 24.7. The van der Waals surface area contributed by atoms with Gasteiger partial charge in [0.05, 0.1) is 12.4 Å². The fraction of sp³-hybridized carbons (Fsp3) is 0.750. The Morgan fingerprint density at radius 3 is 1.44 bits per heavy atom. The van der Waals surface area contributed by atoms with E-state index in [9.17, 15) is 24.8 Å². The van der Waals surface area contributed by atoms with Gasteiger partial charge in [0.15, 0.2) is 5.96 Å². The minimum Gasteiger partial charge on any atom is -0.388 e. The maximum absolute atomic E-state index is 11.2. The summed E-state index contributed by atoms with van der Waals surface area (Å²) in [6, 6.07) is 0. The summed E-state index contributed by atoms with van der Waals surface area (Å²) in [5.41, 5.74) is 15.9. The third kappa shape index (κ3) is 24.8. The number of nitrogens with zero attached hydrogens (tertiary/aromatic N) is 5. The molecule has 0 aromatic heterocycles. The molecule has 10 N–H and O–H groups in total. The van der Waals surface area contributed by atoms with E-state index >= 15 is 0 Å². The van der Waals surface area contributed by atoms with Gasteiger partial charge in [-0.3, -0.25) is 35.0 Å². The summed E-state index contributed by atoms with van der Waals surface area (Å²) in [4.78, 5) is 40.7. The molecule has 0 aliphatic heterocycles. The second-order valence-corrected chi connectivity index (χ2v) is 9.61. The lowest BCUT2D eigenvalue weighted by Crippen LogP contribution is -2.33. The lowest BCUT2D eigenvalue weighted by molar-refractivity contribution is -0.169. The molecule has 15 heteroatoms. The fourth-order valence-corrected chi connectivity index (χ4v) is 2.30. The molecule has 228 valence electrons. The Kier molecular flexibility index (Phi) is 23.4. The number of carbonyl (C=O) groups is 3. The van der Waals surface area contributed by atoms with E-state index in [0.717, 1.165) is 10.1 Å². The molecular formula is C24H51N9O6. The fourth-order valence-electron chi connectivity index (χ4n) is 2.30. The van der Waals surface area contributed by atoms with Gasteiger partial charge < -0.3 is 22.6 Å². The average Bonchev–Trinajstić information content (AvgIpc) is 2.83. The van der Waals surface area contributed by atoms with Crippen molar-refractivity contribution in [3.63, 3.8) is 0 Å². The summed E-state index contributed by atoms with van der Waals surface area (Å²) in [5, 5.41) is 36.6. The molecule has 0 bridgehead atoms. The van der Waals surface area contributed by atoms with Gasteiger partial charge in [0, 0.05) is 36.6 Å². The van der Waals surface area contributed by atoms with Gasteiger partial charge in [-0.2, -0.15) is 0 Å². The molecule has 0 heterocycles. The van der Waals surface area contributed by atoms with Crippen LogP contribution in [0.25, 0.3) is 0 Å². The number of nitrogens with one attached hydrogen (secondary N) is 1. The normalized spacial score (nSPS) is 10.7. The molecule has 0 rings (SSSR count). The van der Waals surface area contributed by atoms with E-state index in [1.807, 2.05) is 0 Å². The number of amides is 3. The Bertz CT molecular complexity index is 793. The van der Waals surface area contributed by atoms with Gasteiger partial charge >= 0.3 is 0 Å². The first-order chi connectivity index (χ1) is 17.8. The maximum Gasteiger partial charge on any atom is 0.250 e. The van der Waals surface area contributed by atoms with Crippen molar-refractivity contribution in [2.24, 2.45) is 44.9 Å². The topological polar surface area (TPSA) is 248 Å². The van der Waals surface area contributed by atoms with Crippen molar-refractivity contribution in [3.05, 3.63) is 0 Å². The Morgan fingerprint density at radius 1 is 0.718 bits per heavy atom. The third-order valence-corrected chi connectivity index (χ3v) is 4.44. The summed E-state index contributed by atoms with van der Waals surface area (Å²) < 4.78 is 0. The molecule has 0 saturated heterocycles. The number of guanidine groups is 1. The Balaban J connectivity index is -0.000000500. The van der Waals surface area contributed by atoms with Crippen LogP contribution in [0.1, 0.15) is 74.7 Å². The van der Waals surface area contributed by atoms with Crippen LogP contribution in [0.3, 0.4) is 0 Å². The van der Waals surface area contributed by atoms with Gasteiger partial charge in [-0.05, 0) is 33.1 Å². The van der Waals surface area contributed by atoms with E-state index in [0.29, 0.717) is 55.5 Å². The van der Waals surface area contributed by atoms with Crippen LogP contribution in [-0.2, 0) is 14.4 Å². The lowest BCUT2D eigenvalue weighted by atomic mass is 10.2. The first-order valence-corrected chi connectivity index (χ1v) is 12.7. The van der Waals surface area contributed by atoms with Crippen LogP contribution in [0.5, 0.6) is 0 Å². The van der Waals surface area contributed by atoms with Crippen molar-refractivity contribution in [1.82, 2.24) is 15.2 Å². The van der Waals surface area contributed by atoms with Crippen molar-refractivity contribution >= 4 is 35.2 Å². The Hall–Kier alpha value is -3.30. The van der Waals surface area contributed by atoms with Crippen LogP contribution in [0.15, 0.2) is 9.98 Å². The van der Waals surface area contributed by atoms with E-state index in [-0.39, 0.29) is 42.2 Å². The van der Waals surface area contributed by atoms with Gasteiger partial charge in [0.2, 0.25) is 17.7 Å². The summed E-state index contributed by atoms with van der Waals surface area (Å²) in [6.45, 7) is 14.7. The van der Waals surface area contributed by atoms with Gasteiger partial charge in [-0.15, -0.1) is 0 Å². The standard InChI is InChI=1S/C9H19N3O2.C9H18N2O2.C6H14N4O2/c1-7(2)9(13)12(14)6-4-5-11-8(3)10;1-7(2)9(12)11(13)6-4-5-8(3)10;1-4(2)5(11)10(12)3-9-6(7)8/h7,14H,4-6H2,1-3H3,(H2,10,11);7,10,13H,4-6H2,1-3H3;4,12H,3H2,1-2H3,(H4,7,8,9). The second-order valence-electron chi connectivity index (χ2n) is 9.61. The first-order valence-electron chi connectivity index (χ1n) is 12.7. The van der Waals surface area contributed by atoms with Crippen LogP contribution < -0.4 is 17.2 Å². The molecule has 15 nitrogen and oxygen atoms in total. The highest BCUT2D eigenvalue weighted by atomic mass is 16.5.